The van der Waals surface area contributed by atoms with Gasteiger partial charge in [-0.2, -0.15) is 0 Å². The van der Waals surface area contributed by atoms with Crippen molar-refractivity contribution in [2.75, 3.05) is 0 Å². The summed E-state index contributed by atoms with van der Waals surface area (Å²) in [5.41, 5.74) is 0. The fourth-order valence-corrected chi connectivity index (χ4v) is 0.428. The molecule has 0 fully saturated rings. The average molecular weight is 214 g/mol. The summed E-state index contributed by atoms with van der Waals surface area (Å²) in [4.78, 5) is 0. The van der Waals surface area contributed by atoms with E-state index in [9.17, 15) is 0 Å². The molecule has 0 radical (unpaired) electrons. The second-order valence-electron chi connectivity index (χ2n) is 1.74. The second-order valence-corrected chi connectivity index (χ2v) is 2.56. The van der Waals surface area contributed by atoms with E-state index in [1.165, 1.54) is 0 Å². The van der Waals surface area contributed by atoms with Crippen LogP contribution < -0.4 is 0 Å². The van der Waals surface area contributed by atoms with Crippen LogP contribution in [0, 0.1) is 0 Å². The number of phenolic OH excluding ortho intramolecular Hbond substituents is 1. The Morgan fingerprint density at radius 2 is 1.38 bits per heavy atom. The van der Waals surface area contributed by atoms with E-state index < -0.39 is 10.4 Å². The summed E-state index contributed by atoms with van der Waals surface area (Å²) in [5, 5.41) is 8.63. The molecule has 0 aliphatic rings. The van der Waals surface area contributed by atoms with Gasteiger partial charge in [-0.25, -0.2) is 0 Å². The first-order valence-electron chi connectivity index (χ1n) is 2.80. The molecule has 0 aliphatic carbocycles. The third kappa shape index (κ3) is 18.5. The fourth-order valence-electron chi connectivity index (χ4n) is 0.428. The molecule has 5 nitrogen and oxygen atoms in total. The van der Waals surface area contributed by atoms with Gasteiger partial charge in [-0.05, 0) is 12.1 Å². The summed E-state index contributed by atoms with van der Waals surface area (Å²) >= 11 is 0. The van der Waals surface area contributed by atoms with Gasteiger partial charge in [-0.1, -0.05) is 18.2 Å². The van der Waals surface area contributed by atoms with Gasteiger partial charge in [0, 0.05) is 10.4 Å². The van der Waals surface area contributed by atoms with E-state index in [-0.39, 0.29) is 23.1 Å². The number of hydrogen-bond acceptors (Lipinski definition) is 5. The average Bonchev–Trinajstić information content (AvgIpc) is 1.85. The van der Waals surface area contributed by atoms with Crippen LogP contribution in [-0.2, 0) is 10.4 Å². The Morgan fingerprint density at radius 3 is 1.54 bits per heavy atom. The van der Waals surface area contributed by atoms with E-state index >= 15 is 0 Å². The van der Waals surface area contributed by atoms with E-state index in [2.05, 4.69) is 0 Å². The molecular weight excluding hydrogens is 208 g/mol. The molecule has 13 heavy (non-hydrogen) atoms. The van der Waals surface area contributed by atoms with Crippen LogP contribution in [0.15, 0.2) is 30.3 Å². The van der Waals surface area contributed by atoms with Crippen LogP contribution in [0.5, 0.6) is 5.75 Å². The number of benzene rings is 1. The van der Waals surface area contributed by atoms with E-state index in [0.717, 1.165) is 0 Å². The van der Waals surface area contributed by atoms with Crippen LogP contribution in [0.3, 0.4) is 0 Å². The number of para-hydroxylation sites is 1. The Bertz CT molecular complexity index is 301. The SMILES string of the molecule is O=S(=O)([O-])[O-].Oc1ccccc1.[Mg+2]. The van der Waals surface area contributed by atoms with Crippen molar-refractivity contribution in [2.45, 2.75) is 0 Å². The molecule has 0 heterocycles. The standard InChI is InChI=1S/C6H6O.Mg.H2O4S/c7-6-4-2-1-3-5-6;;1-5(2,3)4/h1-5,7H;;(H2,1,2,3,4)/q;+2;/p-2. The van der Waals surface area contributed by atoms with Crippen LogP contribution >= 0.6 is 0 Å². The summed E-state index contributed by atoms with van der Waals surface area (Å²) < 4.78 is 34.1. The summed E-state index contributed by atoms with van der Waals surface area (Å²) in [6, 6.07) is 8.71. The molecular formula is C6H6MgO5S. The maximum atomic E-state index is 8.63. The quantitative estimate of drug-likeness (QED) is 0.362. The Morgan fingerprint density at radius 1 is 1.08 bits per heavy atom. The summed E-state index contributed by atoms with van der Waals surface area (Å²) in [5.74, 6) is 0.322. The minimum Gasteiger partial charge on any atom is -0.759 e. The number of phenols is 1. The minimum absolute atomic E-state index is 0. The second kappa shape index (κ2) is 7.10. The monoisotopic (exact) mass is 214 g/mol. The first-order chi connectivity index (χ1) is 5.39. The van der Waals surface area contributed by atoms with E-state index in [1.807, 2.05) is 6.07 Å². The molecule has 0 amide bonds. The predicted octanol–water partition coefficient (Wildman–Crippen LogP) is -0.327. The topological polar surface area (TPSA) is 100 Å². The molecule has 7 heteroatoms. The third-order valence-electron chi connectivity index (χ3n) is 0.756. The Kier molecular flexibility index (Phi) is 8.27. The first kappa shape index (κ1) is 15.1. The zero-order valence-corrected chi connectivity index (χ0v) is 8.81. The predicted molar refractivity (Wildman–Crippen MR) is 44.3 cm³/mol. The largest absolute Gasteiger partial charge is 2.00 e. The normalized spacial score (nSPS) is 9.08. The van der Waals surface area contributed by atoms with Crippen molar-refractivity contribution in [3.05, 3.63) is 30.3 Å². The summed E-state index contributed by atoms with van der Waals surface area (Å²) in [6.07, 6.45) is 0. The Hall–Kier alpha value is -0.344. The fraction of sp³-hybridized carbons (Fsp3) is 0. The molecule has 1 rings (SSSR count). The van der Waals surface area contributed by atoms with E-state index in [1.54, 1.807) is 24.3 Å². The molecule has 1 aromatic carbocycles. The summed E-state index contributed by atoms with van der Waals surface area (Å²) in [7, 11) is -5.17. The molecule has 0 unspecified atom stereocenters. The molecule has 0 atom stereocenters. The van der Waals surface area contributed by atoms with Crippen LogP contribution in [0.2, 0.25) is 0 Å². The van der Waals surface area contributed by atoms with Crippen LogP contribution in [0.25, 0.3) is 0 Å². The van der Waals surface area contributed by atoms with Gasteiger partial charge in [0.2, 0.25) is 0 Å². The van der Waals surface area contributed by atoms with Crippen molar-refractivity contribution < 1.29 is 22.6 Å². The van der Waals surface area contributed by atoms with E-state index in [4.69, 9.17) is 22.6 Å². The molecule has 68 valence electrons. The van der Waals surface area contributed by atoms with Gasteiger partial charge in [-0.15, -0.1) is 0 Å². The van der Waals surface area contributed by atoms with Crippen molar-refractivity contribution >= 4 is 33.5 Å². The molecule has 0 saturated heterocycles. The molecule has 0 aliphatic heterocycles. The number of rotatable bonds is 0. The smallest absolute Gasteiger partial charge is 0.759 e. The van der Waals surface area contributed by atoms with Gasteiger partial charge in [-0.3, -0.25) is 8.42 Å². The molecule has 0 spiro atoms. The maximum absolute atomic E-state index is 8.63. The van der Waals surface area contributed by atoms with Gasteiger partial charge in [0.25, 0.3) is 0 Å². The van der Waals surface area contributed by atoms with Gasteiger partial charge in [0.1, 0.15) is 5.75 Å². The zero-order valence-electron chi connectivity index (χ0n) is 6.58. The molecule has 1 N–H and O–H groups in total. The zero-order chi connectivity index (χ0) is 9.61. The van der Waals surface area contributed by atoms with Gasteiger partial charge < -0.3 is 14.2 Å². The van der Waals surface area contributed by atoms with Gasteiger partial charge in [0.05, 0.1) is 0 Å². The van der Waals surface area contributed by atoms with E-state index in [0.29, 0.717) is 5.75 Å². The number of hydrogen-bond donors (Lipinski definition) is 1. The van der Waals surface area contributed by atoms with Crippen molar-refractivity contribution in [3.8, 4) is 5.75 Å². The van der Waals surface area contributed by atoms with Crippen molar-refractivity contribution in [3.63, 3.8) is 0 Å². The maximum Gasteiger partial charge on any atom is 2.00 e. The molecule has 1 aromatic rings. The molecule has 0 aromatic heterocycles. The third-order valence-corrected chi connectivity index (χ3v) is 0.756. The van der Waals surface area contributed by atoms with Gasteiger partial charge >= 0.3 is 23.1 Å². The van der Waals surface area contributed by atoms with Crippen molar-refractivity contribution in [1.82, 2.24) is 0 Å². The van der Waals surface area contributed by atoms with Crippen LogP contribution in [0.1, 0.15) is 0 Å². The van der Waals surface area contributed by atoms with Crippen molar-refractivity contribution in [1.29, 1.82) is 0 Å². The molecule has 0 saturated carbocycles. The first-order valence-corrected chi connectivity index (χ1v) is 4.13. The van der Waals surface area contributed by atoms with Crippen molar-refractivity contribution in [2.24, 2.45) is 0 Å². The molecule has 0 bridgehead atoms. The Labute approximate surface area is 92.1 Å². The van der Waals surface area contributed by atoms with Crippen LogP contribution in [-0.4, -0.2) is 45.7 Å². The minimum atomic E-state index is -5.17. The summed E-state index contributed by atoms with van der Waals surface area (Å²) in [6.45, 7) is 0. The van der Waals surface area contributed by atoms with Gasteiger partial charge in [0.15, 0.2) is 0 Å². The van der Waals surface area contributed by atoms with Crippen LogP contribution in [0.4, 0.5) is 0 Å². The number of aromatic hydroxyl groups is 1. The Balaban J connectivity index is 0.